The normalized spacial score (nSPS) is 18.6. The third-order valence-electron chi connectivity index (χ3n) is 3.50. The van der Waals surface area contributed by atoms with Crippen LogP contribution in [0.1, 0.15) is 37.0 Å². The first-order chi connectivity index (χ1) is 9.76. The van der Waals surface area contributed by atoms with Crippen molar-refractivity contribution in [2.24, 2.45) is 5.92 Å². The van der Waals surface area contributed by atoms with E-state index in [2.05, 4.69) is 5.32 Å². The molecule has 1 aliphatic heterocycles. The Bertz CT molecular complexity index is 453. The van der Waals surface area contributed by atoms with Crippen LogP contribution in [0.2, 0.25) is 0 Å². The Morgan fingerprint density at radius 2 is 2.00 bits per heavy atom. The van der Waals surface area contributed by atoms with Crippen LogP contribution < -0.4 is 14.8 Å². The molecule has 0 spiro atoms. The van der Waals surface area contributed by atoms with Crippen molar-refractivity contribution in [2.45, 2.75) is 26.7 Å². The molecule has 1 unspecified atom stereocenters. The summed E-state index contributed by atoms with van der Waals surface area (Å²) in [6.45, 7) is 6.79. The maximum absolute atomic E-state index is 12.5. The minimum Gasteiger partial charge on any atom is -0.490 e. The van der Waals surface area contributed by atoms with E-state index in [-0.39, 0.29) is 11.7 Å². The lowest BCUT2D eigenvalue weighted by molar-refractivity contribution is 0.0899. The predicted octanol–water partition coefficient (Wildman–Crippen LogP) is 2.67. The largest absolute Gasteiger partial charge is 0.490 e. The second-order valence-electron chi connectivity index (χ2n) is 4.94. The molecule has 4 nitrogen and oxygen atoms in total. The molecule has 1 aromatic rings. The van der Waals surface area contributed by atoms with E-state index < -0.39 is 0 Å². The van der Waals surface area contributed by atoms with Crippen LogP contribution in [0.4, 0.5) is 0 Å². The Balaban J connectivity index is 2.18. The summed E-state index contributed by atoms with van der Waals surface area (Å²) < 4.78 is 11.1. The minimum atomic E-state index is 0.0798. The Hall–Kier alpha value is -1.55. The molecule has 1 fully saturated rings. The number of Topliss-reactive ketones (excluding diaryl/α,β-unsaturated/α-hetero) is 1. The summed E-state index contributed by atoms with van der Waals surface area (Å²) in [5.74, 6) is 1.63. The molecule has 1 N–H and O–H groups in total. The molecule has 0 saturated carbocycles. The van der Waals surface area contributed by atoms with E-state index in [0.717, 1.165) is 25.9 Å². The summed E-state index contributed by atoms with van der Waals surface area (Å²) >= 11 is 0. The highest BCUT2D eigenvalue weighted by Crippen LogP contribution is 2.30. The average molecular weight is 277 g/mol. The molecule has 4 heteroatoms. The van der Waals surface area contributed by atoms with Crippen molar-refractivity contribution in [3.63, 3.8) is 0 Å². The number of ketones is 1. The van der Waals surface area contributed by atoms with Crippen LogP contribution in [0.25, 0.3) is 0 Å². The third-order valence-corrected chi connectivity index (χ3v) is 3.50. The molecule has 0 aromatic heterocycles. The van der Waals surface area contributed by atoms with Crippen molar-refractivity contribution in [1.82, 2.24) is 5.32 Å². The first kappa shape index (κ1) is 14.9. The highest BCUT2D eigenvalue weighted by atomic mass is 16.5. The molecular weight excluding hydrogens is 254 g/mol. The monoisotopic (exact) mass is 277 g/mol. The van der Waals surface area contributed by atoms with Crippen molar-refractivity contribution >= 4 is 5.78 Å². The summed E-state index contributed by atoms with van der Waals surface area (Å²) in [7, 11) is 0. The Kier molecular flexibility index (Phi) is 5.41. The Labute approximate surface area is 120 Å². The molecular formula is C16H23NO3. The summed E-state index contributed by atoms with van der Waals surface area (Å²) in [4.78, 5) is 12.5. The molecule has 1 saturated heterocycles. The van der Waals surface area contributed by atoms with Crippen molar-refractivity contribution in [2.75, 3.05) is 26.3 Å². The average Bonchev–Trinajstić information content (AvgIpc) is 2.50. The van der Waals surface area contributed by atoms with Gasteiger partial charge in [-0.1, -0.05) is 0 Å². The van der Waals surface area contributed by atoms with Crippen LogP contribution in [0.15, 0.2) is 18.2 Å². The molecule has 0 bridgehead atoms. The summed E-state index contributed by atoms with van der Waals surface area (Å²) in [6.07, 6.45) is 2.02. The van der Waals surface area contributed by atoms with Gasteiger partial charge in [0.05, 0.1) is 13.2 Å². The fourth-order valence-electron chi connectivity index (χ4n) is 2.52. The van der Waals surface area contributed by atoms with Crippen molar-refractivity contribution in [1.29, 1.82) is 0 Å². The van der Waals surface area contributed by atoms with E-state index >= 15 is 0 Å². The lowest BCUT2D eigenvalue weighted by Crippen LogP contribution is -2.34. The molecule has 110 valence electrons. The number of ether oxygens (including phenoxy) is 2. The third kappa shape index (κ3) is 3.51. The lowest BCUT2D eigenvalue weighted by atomic mass is 9.91. The zero-order chi connectivity index (χ0) is 14.4. The number of carbonyl (C=O) groups is 1. The van der Waals surface area contributed by atoms with Gasteiger partial charge in [-0.05, 0) is 51.4 Å². The van der Waals surface area contributed by atoms with E-state index in [1.807, 2.05) is 32.0 Å². The van der Waals surface area contributed by atoms with Crippen LogP contribution in [0.5, 0.6) is 11.5 Å². The molecule has 0 aliphatic carbocycles. The van der Waals surface area contributed by atoms with Crippen LogP contribution in [0, 0.1) is 5.92 Å². The van der Waals surface area contributed by atoms with E-state index in [9.17, 15) is 4.79 Å². The van der Waals surface area contributed by atoms with Gasteiger partial charge >= 0.3 is 0 Å². The van der Waals surface area contributed by atoms with Gasteiger partial charge < -0.3 is 14.8 Å². The number of nitrogens with one attached hydrogen (secondary N) is 1. The summed E-state index contributed by atoms with van der Waals surface area (Å²) in [5, 5.41) is 3.28. The van der Waals surface area contributed by atoms with E-state index in [4.69, 9.17) is 9.47 Å². The van der Waals surface area contributed by atoms with Crippen LogP contribution >= 0.6 is 0 Å². The predicted molar refractivity (Wildman–Crippen MR) is 78.7 cm³/mol. The van der Waals surface area contributed by atoms with Gasteiger partial charge in [-0.15, -0.1) is 0 Å². The van der Waals surface area contributed by atoms with Gasteiger partial charge in [-0.25, -0.2) is 0 Å². The molecule has 0 amide bonds. The fraction of sp³-hybridized carbons (Fsp3) is 0.562. The zero-order valence-corrected chi connectivity index (χ0v) is 12.3. The highest BCUT2D eigenvalue weighted by Gasteiger charge is 2.23. The Morgan fingerprint density at radius 3 is 2.65 bits per heavy atom. The second kappa shape index (κ2) is 7.29. The maximum Gasteiger partial charge on any atom is 0.167 e. The molecule has 1 aromatic carbocycles. The van der Waals surface area contributed by atoms with Gasteiger partial charge in [0, 0.05) is 18.0 Å². The topological polar surface area (TPSA) is 47.6 Å². The van der Waals surface area contributed by atoms with Crippen molar-refractivity contribution in [3.8, 4) is 11.5 Å². The summed E-state index contributed by atoms with van der Waals surface area (Å²) in [5.41, 5.74) is 0.714. The molecule has 1 heterocycles. The number of carbonyl (C=O) groups excluding carboxylic acids is 1. The molecule has 0 radical (unpaired) electrons. The van der Waals surface area contributed by atoms with Crippen LogP contribution in [-0.2, 0) is 0 Å². The first-order valence-corrected chi connectivity index (χ1v) is 7.40. The second-order valence-corrected chi connectivity index (χ2v) is 4.94. The summed E-state index contributed by atoms with van der Waals surface area (Å²) in [6, 6.07) is 5.48. The number of hydrogen-bond donors (Lipinski definition) is 1. The van der Waals surface area contributed by atoms with Gasteiger partial charge in [-0.2, -0.15) is 0 Å². The molecule has 20 heavy (non-hydrogen) atoms. The molecule has 2 rings (SSSR count). The minimum absolute atomic E-state index is 0.0798. The van der Waals surface area contributed by atoms with Gasteiger partial charge in [-0.3, -0.25) is 4.79 Å². The fourth-order valence-corrected chi connectivity index (χ4v) is 2.52. The van der Waals surface area contributed by atoms with Crippen molar-refractivity contribution < 1.29 is 14.3 Å². The van der Waals surface area contributed by atoms with Gasteiger partial charge in [0.2, 0.25) is 0 Å². The SMILES string of the molecule is CCOc1ccc(C(=O)C2CCCNC2)cc1OCC. The van der Waals surface area contributed by atoms with Gasteiger partial charge in [0.25, 0.3) is 0 Å². The molecule has 1 atom stereocenters. The number of piperidine rings is 1. The van der Waals surface area contributed by atoms with Crippen LogP contribution in [0.3, 0.4) is 0 Å². The van der Waals surface area contributed by atoms with Gasteiger partial charge in [0.15, 0.2) is 17.3 Å². The standard InChI is InChI=1S/C16H23NO3/c1-3-19-14-8-7-12(10-15(14)20-4-2)16(18)13-6-5-9-17-11-13/h7-8,10,13,17H,3-6,9,11H2,1-2H3. The maximum atomic E-state index is 12.5. The number of hydrogen-bond acceptors (Lipinski definition) is 4. The van der Waals surface area contributed by atoms with E-state index in [1.165, 1.54) is 0 Å². The van der Waals surface area contributed by atoms with Crippen LogP contribution in [-0.4, -0.2) is 32.1 Å². The van der Waals surface area contributed by atoms with Crippen molar-refractivity contribution in [3.05, 3.63) is 23.8 Å². The molecule has 1 aliphatic rings. The van der Waals surface area contributed by atoms with Gasteiger partial charge in [0.1, 0.15) is 0 Å². The van der Waals surface area contributed by atoms with E-state index in [0.29, 0.717) is 30.3 Å². The Morgan fingerprint density at radius 1 is 1.25 bits per heavy atom. The highest BCUT2D eigenvalue weighted by molar-refractivity contribution is 5.98. The number of rotatable bonds is 6. The lowest BCUT2D eigenvalue weighted by Gasteiger charge is -2.22. The quantitative estimate of drug-likeness (QED) is 0.812. The number of benzene rings is 1. The smallest absolute Gasteiger partial charge is 0.167 e. The zero-order valence-electron chi connectivity index (χ0n) is 12.3. The van der Waals surface area contributed by atoms with E-state index in [1.54, 1.807) is 0 Å². The first-order valence-electron chi connectivity index (χ1n) is 7.40.